The van der Waals surface area contributed by atoms with E-state index in [-0.39, 0.29) is 4.90 Å². The molecule has 0 bridgehead atoms. The Labute approximate surface area is 93.3 Å². The van der Waals surface area contributed by atoms with Gasteiger partial charge in [-0.1, -0.05) is 0 Å². The lowest BCUT2D eigenvalue weighted by atomic mass is 10.6. The van der Waals surface area contributed by atoms with Gasteiger partial charge in [0.25, 0.3) is 0 Å². The van der Waals surface area contributed by atoms with Crippen molar-refractivity contribution in [2.75, 3.05) is 6.54 Å². The molecule has 2 heterocycles. The number of rotatable bonds is 5. The summed E-state index contributed by atoms with van der Waals surface area (Å²) in [6, 6.07) is 3.79. The summed E-state index contributed by atoms with van der Waals surface area (Å²) in [5.41, 5.74) is 0. The zero-order chi connectivity index (χ0) is 11.4. The summed E-state index contributed by atoms with van der Waals surface area (Å²) in [7, 11) is -3.43. The van der Waals surface area contributed by atoms with Gasteiger partial charge in [0, 0.05) is 31.7 Å². The molecule has 0 unspecified atom stereocenters. The van der Waals surface area contributed by atoms with E-state index in [0.717, 1.165) is 0 Å². The summed E-state index contributed by atoms with van der Waals surface area (Å²) in [6.07, 6.45) is 6.38. The van der Waals surface area contributed by atoms with Crippen LogP contribution in [0.1, 0.15) is 0 Å². The minimum Gasteiger partial charge on any atom is -0.353 e. The second-order valence-corrected chi connectivity index (χ2v) is 5.02. The topological polar surface area (TPSA) is 79.8 Å². The Balaban J connectivity index is 1.91. The molecule has 0 aromatic carbocycles. The van der Waals surface area contributed by atoms with Crippen molar-refractivity contribution in [1.29, 1.82) is 0 Å². The van der Waals surface area contributed by atoms with E-state index in [0.29, 0.717) is 13.1 Å². The summed E-state index contributed by atoms with van der Waals surface area (Å²) in [5.74, 6) is 0. The minimum absolute atomic E-state index is 0.153. The summed E-state index contributed by atoms with van der Waals surface area (Å²) in [5, 5.41) is 6.06. The maximum atomic E-state index is 11.6. The maximum absolute atomic E-state index is 11.6. The standard InChI is InChI=1S/C9H12N4O2S/c14-16(15,9-7-10-11-8-9)12-3-6-13-4-1-2-5-13/h1-2,4-5,7-8,12H,3,6H2,(H,10,11). The highest BCUT2D eigenvalue weighted by atomic mass is 32.2. The number of nitrogens with zero attached hydrogens (tertiary/aromatic N) is 2. The summed E-state index contributed by atoms with van der Waals surface area (Å²) < 4.78 is 27.7. The summed E-state index contributed by atoms with van der Waals surface area (Å²) in [6.45, 7) is 0.951. The highest BCUT2D eigenvalue weighted by Gasteiger charge is 2.13. The first-order chi connectivity index (χ1) is 7.68. The third kappa shape index (κ3) is 2.50. The largest absolute Gasteiger partial charge is 0.353 e. The van der Waals surface area contributed by atoms with E-state index >= 15 is 0 Å². The number of hydrogen-bond donors (Lipinski definition) is 2. The van der Waals surface area contributed by atoms with Gasteiger partial charge in [-0.05, 0) is 12.1 Å². The van der Waals surface area contributed by atoms with Gasteiger partial charge in [-0.25, -0.2) is 13.1 Å². The second-order valence-electron chi connectivity index (χ2n) is 3.25. The maximum Gasteiger partial charge on any atom is 0.243 e. The van der Waals surface area contributed by atoms with Crippen LogP contribution in [0.4, 0.5) is 0 Å². The molecule has 16 heavy (non-hydrogen) atoms. The molecule has 0 radical (unpaired) electrons. The molecule has 7 heteroatoms. The van der Waals surface area contributed by atoms with E-state index in [1.54, 1.807) is 0 Å². The average molecular weight is 240 g/mol. The fourth-order valence-electron chi connectivity index (χ4n) is 1.30. The minimum atomic E-state index is -3.43. The van der Waals surface area contributed by atoms with E-state index in [1.807, 2.05) is 29.1 Å². The van der Waals surface area contributed by atoms with Crippen LogP contribution in [0.3, 0.4) is 0 Å². The molecular formula is C9H12N4O2S. The van der Waals surface area contributed by atoms with Crippen LogP contribution in [0.25, 0.3) is 0 Å². The number of sulfonamides is 1. The van der Waals surface area contributed by atoms with Crippen molar-refractivity contribution < 1.29 is 8.42 Å². The third-order valence-corrected chi connectivity index (χ3v) is 3.54. The molecule has 0 amide bonds. The number of nitrogens with one attached hydrogen (secondary N) is 2. The van der Waals surface area contributed by atoms with Gasteiger partial charge in [0.15, 0.2) is 0 Å². The molecule has 0 saturated carbocycles. The number of aromatic amines is 1. The van der Waals surface area contributed by atoms with Crippen LogP contribution in [0.15, 0.2) is 41.8 Å². The first-order valence-electron chi connectivity index (χ1n) is 4.78. The van der Waals surface area contributed by atoms with Gasteiger partial charge in [0.1, 0.15) is 4.90 Å². The fraction of sp³-hybridized carbons (Fsp3) is 0.222. The van der Waals surface area contributed by atoms with E-state index < -0.39 is 10.0 Å². The molecule has 2 rings (SSSR count). The summed E-state index contributed by atoms with van der Waals surface area (Å²) >= 11 is 0. The Morgan fingerprint density at radius 3 is 2.75 bits per heavy atom. The molecule has 0 spiro atoms. The summed E-state index contributed by atoms with van der Waals surface area (Å²) in [4.78, 5) is 0.153. The lowest BCUT2D eigenvalue weighted by Gasteiger charge is -2.05. The first-order valence-corrected chi connectivity index (χ1v) is 6.26. The van der Waals surface area contributed by atoms with Gasteiger partial charge in [-0.15, -0.1) is 0 Å². The van der Waals surface area contributed by atoms with Crippen LogP contribution < -0.4 is 4.72 Å². The molecular weight excluding hydrogens is 228 g/mol. The Kier molecular flexibility index (Phi) is 3.07. The number of H-pyrrole nitrogens is 1. The van der Waals surface area contributed by atoms with Crippen molar-refractivity contribution in [3.63, 3.8) is 0 Å². The van der Waals surface area contributed by atoms with Crippen LogP contribution >= 0.6 is 0 Å². The fourth-order valence-corrected chi connectivity index (χ4v) is 2.22. The smallest absolute Gasteiger partial charge is 0.243 e. The predicted molar refractivity (Wildman–Crippen MR) is 58.2 cm³/mol. The molecule has 0 saturated heterocycles. The highest BCUT2D eigenvalue weighted by molar-refractivity contribution is 7.89. The van der Waals surface area contributed by atoms with Crippen molar-refractivity contribution in [3.05, 3.63) is 36.9 Å². The van der Waals surface area contributed by atoms with Crippen molar-refractivity contribution >= 4 is 10.0 Å². The Hall–Kier alpha value is -1.60. The Morgan fingerprint density at radius 1 is 1.38 bits per heavy atom. The average Bonchev–Trinajstić information content (AvgIpc) is 2.90. The van der Waals surface area contributed by atoms with Crippen molar-refractivity contribution in [2.45, 2.75) is 11.4 Å². The van der Waals surface area contributed by atoms with Crippen LogP contribution in [0.5, 0.6) is 0 Å². The third-order valence-electron chi connectivity index (χ3n) is 2.11. The lowest BCUT2D eigenvalue weighted by molar-refractivity contribution is 0.573. The predicted octanol–water partition coefficient (Wildman–Crippen LogP) is 0.190. The number of hydrogen-bond acceptors (Lipinski definition) is 3. The van der Waals surface area contributed by atoms with Crippen LogP contribution in [-0.4, -0.2) is 29.7 Å². The zero-order valence-electron chi connectivity index (χ0n) is 8.50. The van der Waals surface area contributed by atoms with Crippen LogP contribution in [-0.2, 0) is 16.6 Å². The molecule has 86 valence electrons. The molecule has 0 aliphatic carbocycles. The van der Waals surface area contributed by atoms with Gasteiger partial charge in [-0.2, -0.15) is 5.10 Å². The van der Waals surface area contributed by atoms with Gasteiger partial charge in [0.2, 0.25) is 10.0 Å². The van der Waals surface area contributed by atoms with E-state index in [2.05, 4.69) is 14.9 Å². The quantitative estimate of drug-likeness (QED) is 0.783. The van der Waals surface area contributed by atoms with Crippen LogP contribution in [0, 0.1) is 0 Å². The molecule has 0 aliphatic heterocycles. The second kappa shape index (κ2) is 4.50. The van der Waals surface area contributed by atoms with Crippen molar-refractivity contribution in [2.24, 2.45) is 0 Å². The highest BCUT2D eigenvalue weighted by Crippen LogP contribution is 2.03. The Bertz CT molecular complexity index is 516. The van der Waals surface area contributed by atoms with Crippen LogP contribution in [0.2, 0.25) is 0 Å². The normalized spacial score (nSPS) is 11.8. The van der Waals surface area contributed by atoms with Gasteiger partial charge < -0.3 is 4.57 Å². The first kappa shape index (κ1) is 10.9. The monoisotopic (exact) mass is 240 g/mol. The van der Waals surface area contributed by atoms with Crippen molar-refractivity contribution in [1.82, 2.24) is 19.5 Å². The molecule has 2 aromatic rings. The molecule has 2 aromatic heterocycles. The molecule has 0 atom stereocenters. The van der Waals surface area contributed by atoms with E-state index in [9.17, 15) is 8.42 Å². The van der Waals surface area contributed by atoms with Gasteiger partial charge in [0.05, 0.1) is 6.20 Å². The lowest BCUT2D eigenvalue weighted by Crippen LogP contribution is -2.26. The van der Waals surface area contributed by atoms with Crippen molar-refractivity contribution in [3.8, 4) is 0 Å². The molecule has 6 nitrogen and oxygen atoms in total. The van der Waals surface area contributed by atoms with E-state index in [4.69, 9.17) is 0 Å². The molecule has 0 aliphatic rings. The SMILES string of the molecule is O=S(=O)(NCCn1cccc1)c1cn[nH]c1. The molecule has 0 fully saturated rings. The zero-order valence-corrected chi connectivity index (χ0v) is 9.31. The van der Waals surface area contributed by atoms with Gasteiger partial charge in [-0.3, -0.25) is 5.10 Å². The van der Waals surface area contributed by atoms with E-state index in [1.165, 1.54) is 12.4 Å². The Morgan fingerprint density at radius 2 is 2.12 bits per heavy atom. The number of aromatic nitrogens is 3. The van der Waals surface area contributed by atoms with Gasteiger partial charge >= 0.3 is 0 Å². The molecule has 2 N–H and O–H groups in total.